The van der Waals surface area contributed by atoms with Gasteiger partial charge in [0.05, 0.1) is 11.4 Å². The molecule has 0 amide bonds. The summed E-state index contributed by atoms with van der Waals surface area (Å²) in [5.41, 5.74) is 11.9. The van der Waals surface area contributed by atoms with Gasteiger partial charge >= 0.3 is 0 Å². The van der Waals surface area contributed by atoms with Crippen molar-refractivity contribution in [3.63, 3.8) is 0 Å². The highest BCUT2D eigenvalue weighted by molar-refractivity contribution is 5.68. The zero-order valence-electron chi connectivity index (χ0n) is 23.4. The maximum atomic E-state index is 15.3. The predicted octanol–water partition coefficient (Wildman–Crippen LogP) is 4.99. The zero-order chi connectivity index (χ0) is 27.9. The van der Waals surface area contributed by atoms with Crippen molar-refractivity contribution < 1.29 is 4.39 Å². The van der Waals surface area contributed by atoms with Crippen LogP contribution in [-0.4, -0.2) is 62.1 Å². The Morgan fingerprint density at radius 2 is 1.90 bits per heavy atom. The molecule has 0 spiro atoms. The molecule has 7 rings (SSSR count). The maximum Gasteiger partial charge on any atom is 0.248 e. The SMILES string of the molecule is CCCN1CCC2CN(c3ccc(Nc4nc(N)n(-c5cc6c(nn5)-c5ccccc5CCC6)n4)cc3F)CCC21. The molecule has 4 heterocycles. The smallest absolute Gasteiger partial charge is 0.248 e. The maximum absolute atomic E-state index is 15.3. The van der Waals surface area contributed by atoms with Gasteiger partial charge in [0.25, 0.3) is 0 Å². The number of fused-ring (bicyclic) bond motifs is 4. The molecule has 2 saturated heterocycles. The van der Waals surface area contributed by atoms with Crippen LogP contribution < -0.4 is 16.0 Å². The Labute approximate surface area is 239 Å². The highest BCUT2D eigenvalue weighted by Gasteiger charge is 2.38. The van der Waals surface area contributed by atoms with Crippen LogP contribution in [-0.2, 0) is 12.8 Å². The minimum Gasteiger partial charge on any atom is -0.369 e. The van der Waals surface area contributed by atoms with Crippen LogP contribution in [0.25, 0.3) is 17.1 Å². The van der Waals surface area contributed by atoms with E-state index in [9.17, 15) is 0 Å². The van der Waals surface area contributed by atoms with Gasteiger partial charge in [0, 0.05) is 30.4 Å². The van der Waals surface area contributed by atoms with Gasteiger partial charge in [0.1, 0.15) is 5.82 Å². The summed E-state index contributed by atoms with van der Waals surface area (Å²) in [6, 6.07) is 16.2. The molecule has 9 nitrogen and oxygen atoms in total. The third-order valence-electron chi connectivity index (χ3n) is 8.88. The number of anilines is 4. The summed E-state index contributed by atoms with van der Waals surface area (Å²) in [6.45, 7) is 6.35. The Hall–Kier alpha value is -4.05. The zero-order valence-corrected chi connectivity index (χ0v) is 23.4. The van der Waals surface area contributed by atoms with E-state index in [0.717, 1.165) is 68.7 Å². The van der Waals surface area contributed by atoms with Crippen LogP contribution in [0.1, 0.15) is 43.7 Å². The lowest BCUT2D eigenvalue weighted by Gasteiger charge is -2.39. The lowest BCUT2D eigenvalue weighted by atomic mass is 9.92. The summed E-state index contributed by atoms with van der Waals surface area (Å²) < 4.78 is 16.8. The largest absolute Gasteiger partial charge is 0.369 e. The van der Waals surface area contributed by atoms with E-state index >= 15 is 4.39 Å². The van der Waals surface area contributed by atoms with Gasteiger partial charge in [-0.2, -0.15) is 9.67 Å². The number of hydrogen-bond donors (Lipinski definition) is 2. The molecule has 212 valence electrons. The molecule has 3 N–H and O–H groups in total. The van der Waals surface area contributed by atoms with Crippen molar-refractivity contribution in [1.29, 1.82) is 0 Å². The van der Waals surface area contributed by atoms with E-state index in [4.69, 9.17) is 5.73 Å². The molecule has 41 heavy (non-hydrogen) atoms. The number of nitrogens with two attached hydrogens (primary N) is 1. The molecule has 1 aliphatic carbocycles. The van der Waals surface area contributed by atoms with Gasteiger partial charge in [-0.05, 0) is 92.9 Å². The summed E-state index contributed by atoms with van der Waals surface area (Å²) in [7, 11) is 0. The van der Waals surface area contributed by atoms with Crippen LogP contribution >= 0.6 is 0 Å². The van der Waals surface area contributed by atoms with Gasteiger partial charge in [-0.3, -0.25) is 4.90 Å². The number of halogens is 1. The molecule has 2 aliphatic heterocycles. The fraction of sp³-hybridized carbons (Fsp3) is 0.419. The van der Waals surface area contributed by atoms with E-state index in [0.29, 0.717) is 29.2 Å². The monoisotopic (exact) mass is 553 g/mol. The van der Waals surface area contributed by atoms with Crippen LogP contribution in [0.5, 0.6) is 0 Å². The average Bonchev–Trinajstić information content (AvgIpc) is 3.49. The molecule has 2 aromatic carbocycles. The van der Waals surface area contributed by atoms with Gasteiger partial charge in [0.15, 0.2) is 5.82 Å². The van der Waals surface area contributed by atoms with Crippen molar-refractivity contribution in [3.05, 3.63) is 65.5 Å². The second-order valence-electron chi connectivity index (χ2n) is 11.5. The first-order valence-corrected chi connectivity index (χ1v) is 14.8. The minimum absolute atomic E-state index is 0.185. The quantitative estimate of drug-likeness (QED) is 0.345. The van der Waals surface area contributed by atoms with Gasteiger partial charge < -0.3 is 16.0 Å². The lowest BCUT2D eigenvalue weighted by molar-refractivity contribution is 0.201. The second-order valence-corrected chi connectivity index (χ2v) is 11.5. The summed E-state index contributed by atoms with van der Waals surface area (Å²) in [5, 5.41) is 16.6. The molecule has 10 heteroatoms. The van der Waals surface area contributed by atoms with E-state index in [1.165, 1.54) is 29.2 Å². The molecule has 4 aromatic rings. The van der Waals surface area contributed by atoms with Crippen LogP contribution in [0.15, 0.2) is 48.5 Å². The Bertz CT molecular complexity index is 1570. The summed E-state index contributed by atoms with van der Waals surface area (Å²) in [6.07, 6.45) is 6.40. The number of aryl methyl sites for hydroxylation is 2. The molecule has 2 fully saturated rings. The van der Waals surface area contributed by atoms with E-state index < -0.39 is 0 Å². The normalized spacial score (nSPS) is 20.3. The van der Waals surface area contributed by atoms with Crippen molar-refractivity contribution in [1.82, 2.24) is 29.9 Å². The number of nitrogen functional groups attached to an aromatic ring is 1. The Morgan fingerprint density at radius 1 is 1.02 bits per heavy atom. The van der Waals surface area contributed by atoms with E-state index in [1.807, 2.05) is 24.3 Å². The highest BCUT2D eigenvalue weighted by Crippen LogP contribution is 2.35. The third kappa shape index (κ3) is 4.90. The Morgan fingerprint density at radius 3 is 2.78 bits per heavy atom. The molecular weight excluding hydrogens is 517 g/mol. The third-order valence-corrected chi connectivity index (χ3v) is 8.88. The van der Waals surface area contributed by atoms with Gasteiger partial charge in [0.2, 0.25) is 11.9 Å². The summed E-state index contributed by atoms with van der Waals surface area (Å²) >= 11 is 0. The fourth-order valence-corrected chi connectivity index (χ4v) is 6.96. The number of nitrogens with zero attached hydrogens (tertiary/aromatic N) is 7. The topological polar surface area (TPSA) is 101 Å². The molecule has 2 aromatic heterocycles. The number of aromatic nitrogens is 5. The van der Waals surface area contributed by atoms with Crippen molar-refractivity contribution in [2.24, 2.45) is 5.92 Å². The van der Waals surface area contributed by atoms with Crippen LogP contribution in [0.4, 0.5) is 27.7 Å². The molecule has 0 saturated carbocycles. The minimum atomic E-state index is -0.249. The Kier molecular flexibility index (Phi) is 6.78. The van der Waals surface area contributed by atoms with Crippen LogP contribution in [0.2, 0.25) is 0 Å². The van der Waals surface area contributed by atoms with E-state index in [2.05, 4.69) is 60.5 Å². The molecule has 2 atom stereocenters. The van der Waals surface area contributed by atoms with Crippen LogP contribution in [0, 0.1) is 11.7 Å². The van der Waals surface area contributed by atoms with Crippen molar-refractivity contribution in [3.8, 4) is 17.1 Å². The fourth-order valence-electron chi connectivity index (χ4n) is 6.96. The van der Waals surface area contributed by atoms with Crippen molar-refractivity contribution >= 4 is 23.3 Å². The van der Waals surface area contributed by atoms with E-state index in [1.54, 1.807) is 0 Å². The van der Waals surface area contributed by atoms with Gasteiger partial charge in [-0.1, -0.05) is 31.2 Å². The second kappa shape index (κ2) is 10.7. The van der Waals surface area contributed by atoms with Crippen molar-refractivity contribution in [2.75, 3.05) is 42.1 Å². The van der Waals surface area contributed by atoms with Gasteiger partial charge in [-0.15, -0.1) is 15.3 Å². The van der Waals surface area contributed by atoms with Crippen LogP contribution in [0.3, 0.4) is 0 Å². The van der Waals surface area contributed by atoms with Crippen molar-refractivity contribution in [2.45, 2.75) is 51.5 Å². The number of piperidine rings is 1. The molecule has 3 aliphatic rings. The molecule has 2 unspecified atom stereocenters. The number of nitrogens with one attached hydrogen (secondary N) is 1. The number of hydrogen-bond acceptors (Lipinski definition) is 8. The number of benzene rings is 2. The Balaban J connectivity index is 1.07. The summed E-state index contributed by atoms with van der Waals surface area (Å²) in [4.78, 5) is 9.19. The molecule has 0 bridgehead atoms. The molecular formula is C31H36FN9. The van der Waals surface area contributed by atoms with E-state index in [-0.39, 0.29) is 17.7 Å². The lowest BCUT2D eigenvalue weighted by Crippen LogP contribution is -2.46. The number of rotatable bonds is 6. The predicted molar refractivity (Wildman–Crippen MR) is 159 cm³/mol. The van der Waals surface area contributed by atoms with Gasteiger partial charge in [-0.25, -0.2) is 4.39 Å². The first-order chi connectivity index (χ1) is 20.1. The number of likely N-dealkylation sites (tertiary alicyclic amines) is 1. The molecule has 0 radical (unpaired) electrons. The standard InChI is InChI=1S/C31H36FN9/c1-2-14-39-15-12-22-19-40(16-13-26(22)39)27-11-10-23(18-25(27)32)34-31-35-30(33)41(38-31)28-17-21-8-5-7-20-6-3-4-9-24(20)29(21)37-36-28/h3-4,6,9-11,17-18,22,26H,2,5,7-8,12-16,19H2,1H3,(H3,33,34,35,38). The summed E-state index contributed by atoms with van der Waals surface area (Å²) in [5.74, 6) is 1.33. The highest BCUT2D eigenvalue weighted by atomic mass is 19.1. The first kappa shape index (κ1) is 25.9. The average molecular weight is 554 g/mol. The first-order valence-electron chi connectivity index (χ1n) is 14.8.